The SMILES string of the molecule is C#CCCNC1(CO)CCCC(C)C1. The van der Waals surface area contributed by atoms with E-state index in [0.717, 1.165) is 25.8 Å². The van der Waals surface area contributed by atoms with Gasteiger partial charge < -0.3 is 10.4 Å². The summed E-state index contributed by atoms with van der Waals surface area (Å²) in [5.74, 6) is 3.33. The van der Waals surface area contributed by atoms with Gasteiger partial charge in [0.25, 0.3) is 0 Å². The zero-order valence-electron chi connectivity index (χ0n) is 9.05. The van der Waals surface area contributed by atoms with Gasteiger partial charge in [0.2, 0.25) is 0 Å². The molecular weight excluding hydrogens is 174 g/mol. The van der Waals surface area contributed by atoms with Crippen molar-refractivity contribution in [1.82, 2.24) is 5.32 Å². The predicted octanol–water partition coefficient (Wildman–Crippen LogP) is 1.54. The highest BCUT2D eigenvalue weighted by Crippen LogP contribution is 2.31. The maximum absolute atomic E-state index is 9.44. The fraction of sp³-hybridized carbons (Fsp3) is 0.833. The van der Waals surface area contributed by atoms with Crippen LogP contribution in [-0.4, -0.2) is 23.8 Å². The highest BCUT2D eigenvalue weighted by Gasteiger charge is 2.33. The number of hydrogen-bond donors (Lipinski definition) is 2. The lowest BCUT2D eigenvalue weighted by Crippen LogP contribution is -2.51. The largest absolute Gasteiger partial charge is 0.394 e. The van der Waals surface area contributed by atoms with Crippen LogP contribution < -0.4 is 5.32 Å². The van der Waals surface area contributed by atoms with Crippen molar-refractivity contribution in [3.63, 3.8) is 0 Å². The third-order valence-corrected chi connectivity index (χ3v) is 3.16. The number of terminal acetylenes is 1. The average Bonchev–Trinajstić information content (AvgIpc) is 2.18. The van der Waals surface area contributed by atoms with Crippen molar-refractivity contribution in [2.24, 2.45) is 5.92 Å². The van der Waals surface area contributed by atoms with Crippen LogP contribution in [0.2, 0.25) is 0 Å². The third kappa shape index (κ3) is 3.01. The van der Waals surface area contributed by atoms with E-state index in [-0.39, 0.29) is 12.1 Å². The molecule has 2 atom stereocenters. The van der Waals surface area contributed by atoms with E-state index in [2.05, 4.69) is 18.2 Å². The minimum absolute atomic E-state index is 0.0471. The predicted molar refractivity (Wildman–Crippen MR) is 58.9 cm³/mol. The fourth-order valence-electron chi connectivity index (χ4n) is 2.42. The van der Waals surface area contributed by atoms with E-state index in [1.165, 1.54) is 12.8 Å². The van der Waals surface area contributed by atoms with Crippen LogP contribution in [0.3, 0.4) is 0 Å². The lowest BCUT2D eigenvalue weighted by Gasteiger charge is -2.39. The normalized spacial score (nSPS) is 32.5. The Morgan fingerprint density at radius 2 is 2.43 bits per heavy atom. The van der Waals surface area contributed by atoms with Gasteiger partial charge in [0.05, 0.1) is 6.61 Å². The minimum atomic E-state index is -0.0471. The molecule has 2 N–H and O–H groups in total. The molecule has 1 aliphatic rings. The molecule has 0 radical (unpaired) electrons. The molecule has 0 aromatic carbocycles. The molecule has 1 saturated carbocycles. The summed E-state index contributed by atoms with van der Waals surface area (Å²) in [5, 5.41) is 12.9. The zero-order valence-corrected chi connectivity index (χ0v) is 9.05. The summed E-state index contributed by atoms with van der Waals surface area (Å²) in [6, 6.07) is 0. The molecule has 1 rings (SSSR count). The van der Waals surface area contributed by atoms with E-state index >= 15 is 0 Å². The summed E-state index contributed by atoms with van der Waals surface area (Å²) in [5.41, 5.74) is -0.0471. The number of rotatable bonds is 4. The lowest BCUT2D eigenvalue weighted by molar-refractivity contribution is 0.101. The second kappa shape index (κ2) is 5.38. The smallest absolute Gasteiger partial charge is 0.0613 e. The van der Waals surface area contributed by atoms with Crippen LogP contribution in [0.1, 0.15) is 39.0 Å². The first-order valence-electron chi connectivity index (χ1n) is 5.52. The molecule has 2 unspecified atom stereocenters. The van der Waals surface area contributed by atoms with Gasteiger partial charge in [0.1, 0.15) is 0 Å². The monoisotopic (exact) mass is 195 g/mol. The van der Waals surface area contributed by atoms with Crippen LogP contribution in [0.4, 0.5) is 0 Å². The third-order valence-electron chi connectivity index (χ3n) is 3.16. The second-order valence-electron chi connectivity index (χ2n) is 4.52. The van der Waals surface area contributed by atoms with E-state index < -0.39 is 0 Å². The Morgan fingerprint density at radius 3 is 3.00 bits per heavy atom. The number of aliphatic hydroxyl groups excluding tert-OH is 1. The Kier molecular flexibility index (Phi) is 4.44. The summed E-state index contributed by atoms with van der Waals surface area (Å²) >= 11 is 0. The number of hydrogen-bond acceptors (Lipinski definition) is 2. The molecule has 0 spiro atoms. The van der Waals surface area contributed by atoms with Gasteiger partial charge in [-0.2, -0.15) is 0 Å². The quantitative estimate of drug-likeness (QED) is 0.527. The van der Waals surface area contributed by atoms with Crippen molar-refractivity contribution in [3.05, 3.63) is 0 Å². The molecule has 1 aliphatic carbocycles. The van der Waals surface area contributed by atoms with Gasteiger partial charge in [-0.3, -0.25) is 0 Å². The molecule has 0 aromatic heterocycles. The Hall–Kier alpha value is -0.520. The molecule has 1 fully saturated rings. The Bertz CT molecular complexity index is 209. The van der Waals surface area contributed by atoms with Crippen LogP contribution in [-0.2, 0) is 0 Å². The summed E-state index contributed by atoms with van der Waals surface area (Å²) in [6.45, 7) is 3.32. The molecule has 0 aromatic rings. The van der Waals surface area contributed by atoms with Crippen molar-refractivity contribution in [2.45, 2.75) is 44.6 Å². The molecule has 0 aliphatic heterocycles. The Morgan fingerprint density at radius 1 is 1.64 bits per heavy atom. The van der Waals surface area contributed by atoms with E-state index in [1.807, 2.05) is 0 Å². The van der Waals surface area contributed by atoms with Crippen molar-refractivity contribution in [1.29, 1.82) is 0 Å². The zero-order chi connectivity index (χ0) is 10.4. The summed E-state index contributed by atoms with van der Waals surface area (Å²) < 4.78 is 0. The maximum Gasteiger partial charge on any atom is 0.0613 e. The summed E-state index contributed by atoms with van der Waals surface area (Å²) in [7, 11) is 0. The van der Waals surface area contributed by atoms with E-state index in [1.54, 1.807) is 0 Å². The van der Waals surface area contributed by atoms with Gasteiger partial charge in [-0.05, 0) is 18.8 Å². The molecule has 80 valence electrons. The minimum Gasteiger partial charge on any atom is -0.394 e. The van der Waals surface area contributed by atoms with Crippen LogP contribution in [0.25, 0.3) is 0 Å². The van der Waals surface area contributed by atoms with Gasteiger partial charge in [-0.1, -0.05) is 19.8 Å². The van der Waals surface area contributed by atoms with E-state index in [4.69, 9.17) is 6.42 Å². The fourth-order valence-corrected chi connectivity index (χ4v) is 2.42. The molecule has 2 heteroatoms. The van der Waals surface area contributed by atoms with E-state index in [9.17, 15) is 5.11 Å². The molecule has 0 amide bonds. The van der Waals surface area contributed by atoms with Gasteiger partial charge >= 0.3 is 0 Å². The van der Waals surface area contributed by atoms with E-state index in [0.29, 0.717) is 5.92 Å². The summed E-state index contributed by atoms with van der Waals surface area (Å²) in [6.07, 6.45) is 10.6. The molecule has 2 nitrogen and oxygen atoms in total. The average molecular weight is 195 g/mol. The summed E-state index contributed by atoms with van der Waals surface area (Å²) in [4.78, 5) is 0. The Balaban J connectivity index is 2.44. The first-order valence-corrected chi connectivity index (χ1v) is 5.52. The van der Waals surface area contributed by atoms with Crippen molar-refractivity contribution < 1.29 is 5.11 Å². The van der Waals surface area contributed by atoms with Crippen LogP contribution >= 0.6 is 0 Å². The molecule has 14 heavy (non-hydrogen) atoms. The molecule has 0 saturated heterocycles. The van der Waals surface area contributed by atoms with Gasteiger partial charge in [-0.25, -0.2) is 0 Å². The Labute approximate surface area is 87.1 Å². The lowest BCUT2D eigenvalue weighted by atomic mass is 9.77. The number of nitrogens with one attached hydrogen (secondary N) is 1. The van der Waals surface area contributed by atoms with Crippen LogP contribution in [0.5, 0.6) is 0 Å². The van der Waals surface area contributed by atoms with Crippen molar-refractivity contribution in [2.75, 3.05) is 13.2 Å². The van der Waals surface area contributed by atoms with Gasteiger partial charge in [-0.15, -0.1) is 12.3 Å². The van der Waals surface area contributed by atoms with Crippen LogP contribution in [0, 0.1) is 18.3 Å². The standard InChI is InChI=1S/C12H21NO/c1-3-4-8-13-12(10-14)7-5-6-11(2)9-12/h1,11,13-14H,4-10H2,2H3. The molecule has 0 heterocycles. The first kappa shape index (κ1) is 11.6. The second-order valence-corrected chi connectivity index (χ2v) is 4.52. The van der Waals surface area contributed by atoms with Gasteiger partial charge in [0.15, 0.2) is 0 Å². The highest BCUT2D eigenvalue weighted by molar-refractivity contribution is 4.94. The van der Waals surface area contributed by atoms with Crippen LogP contribution in [0.15, 0.2) is 0 Å². The molecule has 0 bridgehead atoms. The molecular formula is C12H21NO. The number of aliphatic hydroxyl groups is 1. The maximum atomic E-state index is 9.44. The topological polar surface area (TPSA) is 32.3 Å². The van der Waals surface area contributed by atoms with Crippen molar-refractivity contribution in [3.8, 4) is 12.3 Å². The highest BCUT2D eigenvalue weighted by atomic mass is 16.3. The van der Waals surface area contributed by atoms with Crippen molar-refractivity contribution >= 4 is 0 Å². The first-order chi connectivity index (χ1) is 6.72. The van der Waals surface area contributed by atoms with Gasteiger partial charge in [0, 0.05) is 18.5 Å².